The van der Waals surface area contributed by atoms with E-state index >= 15 is 0 Å². The summed E-state index contributed by atoms with van der Waals surface area (Å²) in [7, 11) is 0. The van der Waals surface area contributed by atoms with Gasteiger partial charge in [-0.15, -0.1) is 0 Å². The van der Waals surface area contributed by atoms with Crippen molar-refractivity contribution in [3.05, 3.63) is 29.8 Å². The number of hydrogen-bond acceptors (Lipinski definition) is 3. The number of rotatable bonds is 3. The minimum absolute atomic E-state index is 0.111. The molecular weight excluding hydrogens is 254 g/mol. The normalized spacial score (nSPS) is 17.2. The highest BCUT2D eigenvalue weighted by Crippen LogP contribution is 2.45. The van der Waals surface area contributed by atoms with E-state index in [0.717, 1.165) is 30.5 Å². The molecule has 0 radical (unpaired) electrons. The van der Waals surface area contributed by atoms with Gasteiger partial charge in [-0.2, -0.15) is 0 Å². The first-order chi connectivity index (χ1) is 9.36. The maximum absolute atomic E-state index is 11.9. The third-order valence-electron chi connectivity index (χ3n) is 3.75. The lowest BCUT2D eigenvalue weighted by Gasteiger charge is -2.41. The van der Waals surface area contributed by atoms with Crippen LogP contribution < -0.4 is 5.32 Å². The number of nitrogens with one attached hydrogen (secondary N) is 1. The van der Waals surface area contributed by atoms with E-state index in [1.165, 1.54) is 0 Å². The molecule has 20 heavy (non-hydrogen) atoms. The van der Waals surface area contributed by atoms with Crippen LogP contribution in [0.3, 0.4) is 0 Å². The van der Waals surface area contributed by atoms with Gasteiger partial charge in [-0.1, -0.05) is 24.6 Å². The first kappa shape index (κ1) is 14.9. The van der Waals surface area contributed by atoms with Gasteiger partial charge in [0.1, 0.15) is 5.60 Å². The average molecular weight is 277 g/mol. The molecule has 0 spiro atoms. The molecule has 0 heterocycles. The monoisotopic (exact) mass is 277 g/mol. The van der Waals surface area contributed by atoms with Gasteiger partial charge in [0.05, 0.1) is 6.61 Å². The van der Waals surface area contributed by atoms with Crippen molar-refractivity contribution in [1.29, 1.82) is 0 Å². The van der Waals surface area contributed by atoms with E-state index in [9.17, 15) is 9.90 Å². The fraction of sp³-hybridized carbons (Fsp3) is 0.562. The zero-order valence-electron chi connectivity index (χ0n) is 12.4. The summed E-state index contributed by atoms with van der Waals surface area (Å²) in [5.41, 5.74) is 1.01. The maximum Gasteiger partial charge on any atom is 0.412 e. The number of para-hydroxylation sites is 1. The summed E-state index contributed by atoms with van der Waals surface area (Å²) in [5, 5.41) is 12.5. The number of amides is 1. The Balaban J connectivity index is 2.19. The molecule has 1 saturated carbocycles. The lowest BCUT2D eigenvalue weighted by atomic mass is 9.64. The minimum Gasteiger partial charge on any atom is -0.444 e. The summed E-state index contributed by atoms with van der Waals surface area (Å²) < 4.78 is 5.28. The third kappa shape index (κ3) is 3.12. The standard InChI is InChI=1S/C16H23NO3/c1-15(2,3)20-14(19)17-13-8-5-4-7-12(13)16(11-18)9-6-10-16/h4-5,7-8,18H,6,9-11H2,1-3H3,(H,17,19). The molecule has 4 nitrogen and oxygen atoms in total. The zero-order valence-corrected chi connectivity index (χ0v) is 12.4. The summed E-state index contributed by atoms with van der Waals surface area (Å²) in [4.78, 5) is 11.9. The summed E-state index contributed by atoms with van der Waals surface area (Å²) in [6.07, 6.45) is 2.56. The van der Waals surface area contributed by atoms with Gasteiger partial charge in [-0.3, -0.25) is 5.32 Å². The van der Waals surface area contributed by atoms with Crippen LogP contribution in [0.4, 0.5) is 10.5 Å². The van der Waals surface area contributed by atoms with Gasteiger partial charge in [-0.25, -0.2) is 4.79 Å². The SMILES string of the molecule is CC(C)(C)OC(=O)Nc1ccccc1C1(CO)CCC1. The second-order valence-corrected chi connectivity index (χ2v) is 6.46. The summed E-state index contributed by atoms with van der Waals surface area (Å²) in [6, 6.07) is 7.64. The van der Waals surface area contributed by atoms with E-state index in [2.05, 4.69) is 5.32 Å². The average Bonchev–Trinajstić information content (AvgIpc) is 2.28. The molecule has 0 aromatic heterocycles. The van der Waals surface area contributed by atoms with Gasteiger partial charge in [0.2, 0.25) is 0 Å². The van der Waals surface area contributed by atoms with Crippen LogP contribution in [-0.4, -0.2) is 23.4 Å². The van der Waals surface area contributed by atoms with E-state index in [1.807, 2.05) is 45.0 Å². The number of benzene rings is 1. The quantitative estimate of drug-likeness (QED) is 0.889. The Hall–Kier alpha value is -1.55. The van der Waals surface area contributed by atoms with Gasteiger partial charge >= 0.3 is 6.09 Å². The van der Waals surface area contributed by atoms with Crippen LogP contribution in [0.1, 0.15) is 45.6 Å². The molecule has 0 saturated heterocycles. The molecule has 0 bridgehead atoms. The lowest BCUT2D eigenvalue weighted by molar-refractivity contribution is 0.0634. The number of aliphatic hydroxyl groups excluding tert-OH is 1. The van der Waals surface area contributed by atoms with Gasteiger partial charge in [-0.05, 0) is 45.2 Å². The van der Waals surface area contributed by atoms with Crippen molar-refractivity contribution in [2.75, 3.05) is 11.9 Å². The van der Waals surface area contributed by atoms with E-state index < -0.39 is 11.7 Å². The first-order valence-electron chi connectivity index (χ1n) is 7.07. The number of ether oxygens (including phenoxy) is 1. The smallest absolute Gasteiger partial charge is 0.412 e. The molecule has 110 valence electrons. The Labute approximate surface area is 120 Å². The van der Waals surface area contributed by atoms with Gasteiger partial charge in [0.15, 0.2) is 0 Å². The van der Waals surface area contributed by atoms with Crippen molar-refractivity contribution in [1.82, 2.24) is 0 Å². The molecule has 1 aromatic carbocycles. The fourth-order valence-corrected chi connectivity index (χ4v) is 2.58. The number of anilines is 1. The van der Waals surface area contributed by atoms with Gasteiger partial charge in [0.25, 0.3) is 0 Å². The Morgan fingerprint density at radius 2 is 2.00 bits per heavy atom. The van der Waals surface area contributed by atoms with Crippen LogP contribution in [0.5, 0.6) is 0 Å². The highest BCUT2D eigenvalue weighted by molar-refractivity contribution is 5.86. The highest BCUT2D eigenvalue weighted by Gasteiger charge is 2.39. The van der Waals surface area contributed by atoms with Gasteiger partial charge < -0.3 is 9.84 Å². The van der Waals surface area contributed by atoms with Crippen molar-refractivity contribution in [3.8, 4) is 0 Å². The number of carbonyl (C=O) groups excluding carboxylic acids is 1. The first-order valence-corrected chi connectivity index (χ1v) is 7.07. The third-order valence-corrected chi connectivity index (χ3v) is 3.75. The van der Waals surface area contributed by atoms with Crippen LogP contribution >= 0.6 is 0 Å². The largest absolute Gasteiger partial charge is 0.444 e. The topological polar surface area (TPSA) is 58.6 Å². The summed E-state index contributed by atoms with van der Waals surface area (Å²) in [6.45, 7) is 5.61. The zero-order chi connectivity index (χ0) is 14.8. The van der Waals surface area contributed by atoms with E-state index in [4.69, 9.17) is 4.74 Å². The van der Waals surface area contributed by atoms with E-state index in [1.54, 1.807) is 0 Å². The molecule has 0 aliphatic heterocycles. The van der Waals surface area contributed by atoms with Crippen molar-refractivity contribution in [2.24, 2.45) is 0 Å². The Morgan fingerprint density at radius 1 is 1.35 bits per heavy atom. The van der Waals surface area contributed by atoms with Crippen LogP contribution in [0.25, 0.3) is 0 Å². The Kier molecular flexibility index (Phi) is 4.04. The van der Waals surface area contributed by atoms with Crippen molar-refractivity contribution < 1.29 is 14.6 Å². The lowest BCUT2D eigenvalue weighted by Crippen LogP contribution is -2.39. The Bertz CT molecular complexity index is 481. The van der Waals surface area contributed by atoms with E-state index in [-0.39, 0.29) is 12.0 Å². The molecule has 1 amide bonds. The van der Waals surface area contributed by atoms with Crippen LogP contribution in [0.2, 0.25) is 0 Å². The van der Waals surface area contributed by atoms with Gasteiger partial charge in [0, 0.05) is 11.1 Å². The summed E-state index contributed by atoms with van der Waals surface area (Å²) in [5.74, 6) is 0. The molecule has 2 N–H and O–H groups in total. The molecule has 1 aliphatic rings. The predicted molar refractivity (Wildman–Crippen MR) is 78.9 cm³/mol. The summed E-state index contributed by atoms with van der Waals surface area (Å²) >= 11 is 0. The van der Waals surface area contributed by atoms with Crippen LogP contribution in [-0.2, 0) is 10.2 Å². The molecule has 1 aliphatic carbocycles. The van der Waals surface area contributed by atoms with Crippen molar-refractivity contribution in [3.63, 3.8) is 0 Å². The second-order valence-electron chi connectivity index (χ2n) is 6.46. The molecule has 1 fully saturated rings. The maximum atomic E-state index is 11.9. The number of hydrogen-bond donors (Lipinski definition) is 2. The molecule has 2 rings (SSSR count). The molecular formula is C16H23NO3. The molecule has 4 heteroatoms. The molecule has 0 atom stereocenters. The number of aliphatic hydroxyl groups is 1. The van der Waals surface area contributed by atoms with E-state index in [0.29, 0.717) is 0 Å². The predicted octanol–water partition coefficient (Wildman–Crippen LogP) is 3.45. The van der Waals surface area contributed by atoms with Crippen molar-refractivity contribution >= 4 is 11.8 Å². The molecule has 1 aromatic rings. The highest BCUT2D eigenvalue weighted by atomic mass is 16.6. The number of carbonyl (C=O) groups is 1. The molecule has 0 unspecified atom stereocenters. The van der Waals surface area contributed by atoms with Crippen LogP contribution in [0, 0.1) is 0 Å². The minimum atomic E-state index is -0.524. The van der Waals surface area contributed by atoms with Crippen molar-refractivity contribution in [2.45, 2.75) is 51.0 Å². The fourth-order valence-electron chi connectivity index (χ4n) is 2.58. The van der Waals surface area contributed by atoms with Crippen LogP contribution in [0.15, 0.2) is 24.3 Å². The second kappa shape index (κ2) is 5.44. The Morgan fingerprint density at radius 3 is 2.50 bits per heavy atom.